The number of carbonyl (C=O) groups excluding carboxylic acids is 1. The molecule has 2 aromatic rings. The molecule has 1 heterocycles. The second-order valence-corrected chi connectivity index (χ2v) is 7.71. The van der Waals surface area contributed by atoms with E-state index in [0.717, 1.165) is 28.9 Å². The number of amides is 1. The molecule has 28 heavy (non-hydrogen) atoms. The van der Waals surface area contributed by atoms with Gasteiger partial charge in [0.1, 0.15) is 5.82 Å². The maximum Gasteiger partial charge on any atom is 0.330 e. The van der Waals surface area contributed by atoms with Crippen LogP contribution >= 0.6 is 11.8 Å². The second-order valence-electron chi connectivity index (χ2n) is 6.69. The number of aromatic nitrogens is 2. The fourth-order valence-corrected chi connectivity index (χ4v) is 3.92. The third-order valence-corrected chi connectivity index (χ3v) is 5.67. The second kappa shape index (κ2) is 9.64. The van der Waals surface area contributed by atoms with E-state index in [4.69, 9.17) is 5.73 Å². The first-order valence-electron chi connectivity index (χ1n) is 9.43. The first-order valence-corrected chi connectivity index (χ1v) is 10.4. The molecule has 0 aliphatic heterocycles. The van der Waals surface area contributed by atoms with Crippen LogP contribution in [0.2, 0.25) is 0 Å². The summed E-state index contributed by atoms with van der Waals surface area (Å²) in [6, 6.07) is 6.08. The molecule has 152 valence electrons. The fourth-order valence-electron chi connectivity index (χ4n) is 2.92. The Morgan fingerprint density at radius 1 is 1.25 bits per heavy atom. The number of thioether (sulfide) groups is 1. The molecule has 2 rings (SSSR count). The molecule has 7 nitrogen and oxygen atoms in total. The van der Waals surface area contributed by atoms with Crippen LogP contribution in [0, 0.1) is 13.8 Å². The van der Waals surface area contributed by atoms with Crippen molar-refractivity contribution in [3.8, 4) is 0 Å². The number of rotatable bonds is 8. The summed E-state index contributed by atoms with van der Waals surface area (Å²) < 4.78 is 1.33. The summed E-state index contributed by atoms with van der Waals surface area (Å²) in [6.07, 6.45) is 1.63. The summed E-state index contributed by atoms with van der Waals surface area (Å²) in [4.78, 5) is 42.1. The van der Waals surface area contributed by atoms with Gasteiger partial charge in [-0.2, -0.15) is 0 Å². The van der Waals surface area contributed by atoms with Crippen molar-refractivity contribution in [1.82, 2.24) is 9.55 Å². The molecule has 0 aliphatic carbocycles. The minimum absolute atomic E-state index is 0.0362. The van der Waals surface area contributed by atoms with Crippen LogP contribution in [-0.4, -0.2) is 27.8 Å². The summed E-state index contributed by atoms with van der Waals surface area (Å²) >= 11 is 1.43. The average Bonchev–Trinajstić information content (AvgIpc) is 2.65. The quantitative estimate of drug-likeness (QED) is 0.659. The Labute approximate surface area is 168 Å². The number of hydrogen-bond acceptors (Lipinski definition) is 5. The number of benzene rings is 1. The van der Waals surface area contributed by atoms with Crippen LogP contribution in [0.1, 0.15) is 37.8 Å². The molecule has 0 fully saturated rings. The van der Waals surface area contributed by atoms with E-state index in [-0.39, 0.29) is 29.7 Å². The predicted octanol–water partition coefficient (Wildman–Crippen LogP) is 2.68. The van der Waals surface area contributed by atoms with E-state index in [2.05, 4.69) is 4.98 Å². The first kappa shape index (κ1) is 21.8. The third kappa shape index (κ3) is 4.86. The minimum atomic E-state index is -0.637. The molecular formula is C20H28N4O3S. The Morgan fingerprint density at radius 2 is 1.96 bits per heavy atom. The minimum Gasteiger partial charge on any atom is -0.383 e. The van der Waals surface area contributed by atoms with E-state index in [1.165, 1.54) is 21.2 Å². The first-order chi connectivity index (χ1) is 13.3. The maximum atomic E-state index is 12.9. The number of nitrogens with zero attached hydrogens (tertiary/aromatic N) is 2. The van der Waals surface area contributed by atoms with Crippen LogP contribution in [0.4, 0.5) is 11.5 Å². The Balaban J connectivity index is 2.31. The predicted molar refractivity (Wildman–Crippen MR) is 115 cm³/mol. The van der Waals surface area contributed by atoms with E-state index in [1.54, 1.807) is 6.92 Å². The molecule has 1 aromatic carbocycles. The van der Waals surface area contributed by atoms with Crippen molar-refractivity contribution < 1.29 is 4.79 Å². The van der Waals surface area contributed by atoms with Crippen LogP contribution < -0.4 is 21.9 Å². The molecule has 0 aliphatic rings. The van der Waals surface area contributed by atoms with Crippen molar-refractivity contribution in [3.05, 3.63) is 50.2 Å². The summed E-state index contributed by atoms with van der Waals surface area (Å²) in [5.74, 6) is -0.0223. The highest BCUT2D eigenvalue weighted by Crippen LogP contribution is 2.25. The molecule has 1 aromatic heterocycles. The van der Waals surface area contributed by atoms with Gasteiger partial charge in [0.2, 0.25) is 5.91 Å². The highest BCUT2D eigenvalue weighted by Gasteiger charge is 2.23. The number of aromatic amines is 1. The highest BCUT2D eigenvalue weighted by atomic mass is 32.2. The zero-order chi connectivity index (χ0) is 20.8. The van der Waals surface area contributed by atoms with Gasteiger partial charge in [-0.3, -0.25) is 19.1 Å². The van der Waals surface area contributed by atoms with Gasteiger partial charge in [-0.05, 0) is 38.8 Å². The maximum absolute atomic E-state index is 12.9. The lowest BCUT2D eigenvalue weighted by Crippen LogP contribution is -2.41. The van der Waals surface area contributed by atoms with Crippen molar-refractivity contribution in [2.75, 3.05) is 22.9 Å². The number of H-pyrrole nitrogens is 1. The molecule has 0 atom stereocenters. The van der Waals surface area contributed by atoms with Gasteiger partial charge in [0.15, 0.2) is 5.69 Å². The van der Waals surface area contributed by atoms with E-state index in [0.29, 0.717) is 6.54 Å². The van der Waals surface area contributed by atoms with Crippen LogP contribution in [-0.2, 0) is 11.3 Å². The average molecular weight is 405 g/mol. The van der Waals surface area contributed by atoms with E-state index in [1.807, 2.05) is 39.0 Å². The van der Waals surface area contributed by atoms with Crippen LogP contribution in [0.5, 0.6) is 0 Å². The van der Waals surface area contributed by atoms with Gasteiger partial charge in [0.05, 0.1) is 5.75 Å². The number of unbranched alkanes of at least 4 members (excludes halogenated alkanes) is 1. The van der Waals surface area contributed by atoms with Gasteiger partial charge in [0.25, 0.3) is 5.56 Å². The number of nitrogens with two attached hydrogens (primary N) is 1. The standard InChI is InChI=1S/C20H28N4O3S/c1-5-7-10-24-18(21)17(19(26)22-20(24)27)23(6-2)16(25)12-28-15-11-13(3)8-9-14(15)4/h8-9,11H,5-7,10,12,21H2,1-4H3,(H,22,26,27). The molecule has 8 heteroatoms. The zero-order valence-electron chi connectivity index (χ0n) is 16.9. The molecule has 3 N–H and O–H groups in total. The van der Waals surface area contributed by atoms with Gasteiger partial charge in [-0.15, -0.1) is 11.8 Å². The number of nitrogen functional groups attached to an aromatic ring is 1. The van der Waals surface area contributed by atoms with E-state index in [9.17, 15) is 14.4 Å². The van der Waals surface area contributed by atoms with Crippen LogP contribution in [0.15, 0.2) is 32.7 Å². The normalized spacial score (nSPS) is 10.9. The SMILES string of the molecule is CCCCn1c(N)c(N(CC)C(=O)CSc2cc(C)ccc2C)c(=O)[nH]c1=O. The van der Waals surface area contributed by atoms with Gasteiger partial charge in [-0.25, -0.2) is 4.79 Å². The monoisotopic (exact) mass is 404 g/mol. The molecular weight excluding hydrogens is 376 g/mol. The molecule has 1 amide bonds. The van der Waals surface area contributed by atoms with Crippen molar-refractivity contribution >= 4 is 29.2 Å². The third-order valence-electron chi connectivity index (χ3n) is 4.53. The van der Waals surface area contributed by atoms with Gasteiger partial charge >= 0.3 is 5.69 Å². The van der Waals surface area contributed by atoms with E-state index >= 15 is 0 Å². The number of anilines is 2. The highest BCUT2D eigenvalue weighted by molar-refractivity contribution is 8.00. The topological polar surface area (TPSA) is 101 Å². The molecule has 0 bridgehead atoms. The van der Waals surface area contributed by atoms with E-state index < -0.39 is 11.2 Å². The summed E-state index contributed by atoms with van der Waals surface area (Å²) in [5, 5.41) is 0. The lowest BCUT2D eigenvalue weighted by molar-refractivity contribution is -0.116. The van der Waals surface area contributed by atoms with Crippen LogP contribution in [0.3, 0.4) is 0 Å². The molecule has 0 saturated heterocycles. The fraction of sp³-hybridized carbons (Fsp3) is 0.450. The van der Waals surface area contributed by atoms with Crippen molar-refractivity contribution in [2.45, 2.75) is 52.0 Å². The largest absolute Gasteiger partial charge is 0.383 e. The van der Waals surface area contributed by atoms with Gasteiger partial charge < -0.3 is 10.6 Å². The van der Waals surface area contributed by atoms with Gasteiger partial charge in [-0.1, -0.05) is 31.0 Å². The Kier molecular flexibility index (Phi) is 7.51. The lowest BCUT2D eigenvalue weighted by atomic mass is 10.2. The number of hydrogen-bond donors (Lipinski definition) is 2. The van der Waals surface area contributed by atoms with Gasteiger partial charge in [0, 0.05) is 18.0 Å². The number of nitrogens with one attached hydrogen (secondary N) is 1. The lowest BCUT2D eigenvalue weighted by Gasteiger charge is -2.23. The summed E-state index contributed by atoms with van der Waals surface area (Å²) in [6.45, 7) is 8.46. The Bertz CT molecular complexity index is 965. The summed E-state index contributed by atoms with van der Waals surface area (Å²) in [5.41, 5.74) is 7.21. The smallest absolute Gasteiger partial charge is 0.330 e. The van der Waals surface area contributed by atoms with Crippen molar-refractivity contribution in [2.24, 2.45) is 0 Å². The summed E-state index contributed by atoms with van der Waals surface area (Å²) in [7, 11) is 0. The molecule has 0 saturated carbocycles. The Hall–Kier alpha value is -2.48. The number of aryl methyl sites for hydroxylation is 2. The number of carbonyl (C=O) groups is 1. The van der Waals surface area contributed by atoms with Crippen molar-refractivity contribution in [1.29, 1.82) is 0 Å². The zero-order valence-corrected chi connectivity index (χ0v) is 17.7. The molecule has 0 spiro atoms. The molecule has 0 radical (unpaired) electrons. The Morgan fingerprint density at radius 3 is 2.61 bits per heavy atom. The molecule has 0 unspecified atom stereocenters. The van der Waals surface area contributed by atoms with Crippen molar-refractivity contribution in [3.63, 3.8) is 0 Å². The van der Waals surface area contributed by atoms with Crippen LogP contribution in [0.25, 0.3) is 0 Å².